The number of amidine groups is 1. The number of aliphatic hydroxyl groups is 1. The monoisotopic (exact) mass is 482 g/mol. The van der Waals surface area contributed by atoms with Crippen LogP contribution in [0.4, 0.5) is 23.2 Å². The molecule has 3 N–H and O–H groups in total. The average molecular weight is 483 g/mol. The number of nitrogens with zero attached hydrogens (tertiary/aromatic N) is 2. The van der Waals surface area contributed by atoms with E-state index in [4.69, 9.17) is 8.76 Å². The molecule has 152 valence electrons. The van der Waals surface area contributed by atoms with Gasteiger partial charge in [0.05, 0.1) is 6.54 Å². The third-order valence-corrected chi connectivity index (χ3v) is 4.13. The second-order valence-electron chi connectivity index (χ2n) is 5.58. The van der Waals surface area contributed by atoms with E-state index in [1.165, 1.54) is 18.2 Å². The highest BCUT2D eigenvalue weighted by molar-refractivity contribution is 9.10. The van der Waals surface area contributed by atoms with Crippen molar-refractivity contribution in [2.24, 2.45) is 10.1 Å². The van der Waals surface area contributed by atoms with E-state index in [1.54, 1.807) is 24.3 Å². The zero-order valence-corrected chi connectivity index (χ0v) is 16.3. The first kappa shape index (κ1) is 22.4. The minimum Gasteiger partial charge on any atom is -0.760 e. The fourth-order valence-corrected chi connectivity index (χ4v) is 2.66. The van der Waals surface area contributed by atoms with Crippen LogP contribution in [0.15, 0.2) is 58.0 Å². The fourth-order valence-electron chi connectivity index (χ4n) is 2.40. The Balaban J connectivity index is 0.000000640. The highest BCUT2D eigenvalue weighted by Gasteiger charge is 2.58. The van der Waals surface area contributed by atoms with Gasteiger partial charge in [0.15, 0.2) is 0 Å². The molecule has 1 aliphatic rings. The lowest BCUT2D eigenvalue weighted by Gasteiger charge is -2.25. The lowest BCUT2D eigenvalue weighted by Crippen LogP contribution is -2.47. The van der Waals surface area contributed by atoms with Crippen molar-refractivity contribution >= 4 is 38.7 Å². The zero-order chi connectivity index (χ0) is 21.1. The van der Waals surface area contributed by atoms with Crippen LogP contribution in [0, 0.1) is 5.82 Å². The summed E-state index contributed by atoms with van der Waals surface area (Å²) in [5.41, 5.74) is -2.69. The van der Waals surface area contributed by atoms with Crippen molar-refractivity contribution in [2.45, 2.75) is 11.9 Å². The molecular weight excluding hydrogens is 470 g/mol. The van der Waals surface area contributed by atoms with Gasteiger partial charge in [0.2, 0.25) is 0 Å². The van der Waals surface area contributed by atoms with Gasteiger partial charge in [0.25, 0.3) is 5.72 Å². The Labute approximate surface area is 168 Å². The molecule has 0 saturated heterocycles. The first-order chi connectivity index (χ1) is 12.9. The molecule has 12 heteroatoms. The molecule has 2 aromatic rings. The van der Waals surface area contributed by atoms with Crippen molar-refractivity contribution < 1.29 is 31.4 Å². The summed E-state index contributed by atoms with van der Waals surface area (Å²) in [6.45, 7) is -0.842. The molecule has 1 heterocycles. The third-order valence-electron chi connectivity index (χ3n) is 3.60. The van der Waals surface area contributed by atoms with E-state index in [0.29, 0.717) is 5.56 Å². The van der Waals surface area contributed by atoms with Crippen molar-refractivity contribution in [3.05, 3.63) is 64.4 Å². The number of nitrogens with two attached hydrogens (primary N) is 1. The van der Waals surface area contributed by atoms with Gasteiger partial charge in [0, 0.05) is 27.0 Å². The Morgan fingerprint density at radius 2 is 1.82 bits per heavy atom. The molecule has 0 spiro atoms. The van der Waals surface area contributed by atoms with Gasteiger partial charge in [-0.2, -0.15) is 13.2 Å². The largest absolute Gasteiger partial charge is 0.760 e. The van der Waals surface area contributed by atoms with Crippen LogP contribution in [0.3, 0.4) is 0 Å². The Morgan fingerprint density at radius 3 is 2.32 bits per heavy atom. The predicted molar refractivity (Wildman–Crippen MR) is 98.5 cm³/mol. The van der Waals surface area contributed by atoms with Crippen LogP contribution in [0.1, 0.15) is 5.56 Å². The van der Waals surface area contributed by atoms with Crippen LogP contribution >= 0.6 is 15.9 Å². The van der Waals surface area contributed by atoms with Crippen LogP contribution in [-0.2, 0) is 11.3 Å². The number of aliphatic imine (C=N–C) groups is 1. The molecule has 0 amide bonds. The summed E-state index contributed by atoms with van der Waals surface area (Å²) in [5, 5.41) is 14.0. The van der Waals surface area contributed by atoms with E-state index in [2.05, 4.69) is 26.1 Å². The van der Waals surface area contributed by atoms with Gasteiger partial charge in [-0.3, -0.25) is 9.35 Å². The van der Waals surface area contributed by atoms with E-state index in [-0.39, 0.29) is 11.5 Å². The number of β-amino-alcohol motifs (C(OH)–C–C–N with tert-alkyl or cyclic N) is 1. The molecule has 6 nitrogen and oxygen atoms in total. The number of alkyl halides is 3. The molecule has 0 fully saturated rings. The maximum atomic E-state index is 13.5. The molecule has 0 bridgehead atoms. The van der Waals surface area contributed by atoms with Gasteiger partial charge in [0.1, 0.15) is 11.7 Å². The summed E-state index contributed by atoms with van der Waals surface area (Å²) >= 11 is 0.884. The summed E-state index contributed by atoms with van der Waals surface area (Å²) in [4.78, 5) is 4.67. The lowest BCUT2D eigenvalue weighted by molar-refractivity contribution is -0.249. The van der Waals surface area contributed by atoms with E-state index >= 15 is 0 Å². The third kappa shape index (κ3) is 5.35. The molecule has 2 aromatic carbocycles. The van der Waals surface area contributed by atoms with Crippen LogP contribution in [0.25, 0.3) is 0 Å². The molecule has 2 atom stereocenters. The number of rotatable bonds is 2. The van der Waals surface area contributed by atoms with Crippen molar-refractivity contribution in [3.63, 3.8) is 0 Å². The normalized spacial score (nSPS) is 20.3. The number of benzene rings is 2. The smallest absolute Gasteiger partial charge is 0.440 e. The van der Waals surface area contributed by atoms with Gasteiger partial charge < -0.3 is 14.6 Å². The average Bonchev–Trinajstić information content (AvgIpc) is 2.94. The molecule has 3 rings (SSSR count). The first-order valence-electron chi connectivity index (χ1n) is 7.44. The number of anilines is 1. The fraction of sp³-hybridized carbons (Fsp3) is 0.188. The van der Waals surface area contributed by atoms with Crippen molar-refractivity contribution in [3.8, 4) is 0 Å². The molecule has 0 aromatic heterocycles. The topological polar surface area (TPSA) is 102 Å². The summed E-state index contributed by atoms with van der Waals surface area (Å²) in [6, 6.07) is 11.5. The minimum atomic E-state index is -4.95. The standard InChI is InChI=1S/C16H11BrF4N2O.H3NO2S/c17-11-6-4-10(5-7-11)14-22-15(24,16(19,20)21)9-23(14)13-3-1-2-12(18)8-13;1-4(2)3/h1-8,24H,9H2;1H2,(H,2,3)/p-1. The summed E-state index contributed by atoms with van der Waals surface area (Å²) in [6.07, 6.45) is -4.95. The number of halogens is 5. The number of hydrogen-bond acceptors (Lipinski definition) is 5. The van der Waals surface area contributed by atoms with E-state index < -0.39 is 35.5 Å². The molecular formula is C16H13BrF4N3O3S-. The van der Waals surface area contributed by atoms with Gasteiger partial charge in [-0.05, 0) is 30.3 Å². The highest BCUT2D eigenvalue weighted by Crippen LogP contribution is 2.38. The Bertz CT molecular complexity index is 891. The zero-order valence-electron chi connectivity index (χ0n) is 13.9. The Hall–Kier alpha value is -1.86. The number of hydrogen-bond donors (Lipinski definition) is 2. The molecule has 1 aliphatic heterocycles. The van der Waals surface area contributed by atoms with E-state index in [0.717, 1.165) is 15.4 Å². The predicted octanol–water partition coefficient (Wildman–Crippen LogP) is 2.85. The van der Waals surface area contributed by atoms with Crippen molar-refractivity contribution in [2.75, 3.05) is 11.4 Å². The first-order valence-corrected chi connectivity index (χ1v) is 9.38. The summed E-state index contributed by atoms with van der Waals surface area (Å²) in [5.74, 6) is -0.668. The van der Waals surface area contributed by atoms with Crippen molar-refractivity contribution in [1.29, 1.82) is 0 Å². The van der Waals surface area contributed by atoms with Crippen molar-refractivity contribution in [1.82, 2.24) is 0 Å². The summed E-state index contributed by atoms with van der Waals surface area (Å²) in [7, 11) is 0. The quantitative estimate of drug-likeness (QED) is 0.507. The maximum Gasteiger partial charge on any atom is 0.440 e. The highest BCUT2D eigenvalue weighted by atomic mass is 79.9. The van der Waals surface area contributed by atoms with Gasteiger partial charge in [-0.15, -0.1) is 0 Å². The summed E-state index contributed by atoms with van der Waals surface area (Å²) < 4.78 is 71.4. The van der Waals surface area contributed by atoms with Gasteiger partial charge in [-0.25, -0.2) is 9.38 Å². The Morgan fingerprint density at radius 1 is 1.25 bits per heavy atom. The molecule has 0 saturated carbocycles. The van der Waals surface area contributed by atoms with E-state index in [1.807, 2.05) is 0 Å². The minimum absolute atomic E-state index is 0.0760. The van der Waals surface area contributed by atoms with Crippen LogP contribution < -0.4 is 10.0 Å². The van der Waals surface area contributed by atoms with Crippen LogP contribution in [-0.4, -0.2) is 38.1 Å². The molecule has 0 aliphatic carbocycles. The Kier molecular flexibility index (Phi) is 6.93. The SMILES string of the molecule is NS(=O)[O-].OC1(C(F)(F)F)CN(c2cccc(F)c2)C(c2ccc(Br)cc2)=N1. The van der Waals surface area contributed by atoms with Crippen LogP contribution in [0.5, 0.6) is 0 Å². The van der Waals surface area contributed by atoms with Gasteiger partial charge >= 0.3 is 6.18 Å². The molecule has 2 unspecified atom stereocenters. The maximum absolute atomic E-state index is 13.5. The lowest BCUT2D eigenvalue weighted by atomic mass is 10.1. The second kappa shape index (κ2) is 8.66. The van der Waals surface area contributed by atoms with Gasteiger partial charge in [-0.1, -0.05) is 34.1 Å². The van der Waals surface area contributed by atoms with E-state index in [9.17, 15) is 22.7 Å². The molecule has 0 radical (unpaired) electrons. The van der Waals surface area contributed by atoms with Crippen LogP contribution in [0.2, 0.25) is 0 Å². The molecule has 28 heavy (non-hydrogen) atoms. The second-order valence-corrected chi connectivity index (χ2v) is 7.02.